The third-order valence-corrected chi connectivity index (χ3v) is 3.82. The molecule has 1 unspecified atom stereocenters. The lowest BCUT2D eigenvalue weighted by Crippen LogP contribution is -2.24. The first-order valence-corrected chi connectivity index (χ1v) is 7.96. The monoisotopic (exact) mass is 300 g/mol. The van der Waals surface area contributed by atoms with Gasteiger partial charge in [-0.1, -0.05) is 0 Å². The number of hydrogen-bond acceptors (Lipinski definition) is 6. The van der Waals surface area contributed by atoms with E-state index >= 15 is 0 Å². The Kier molecular flexibility index (Phi) is 3.96. The molecule has 1 aliphatic rings. The van der Waals surface area contributed by atoms with Crippen LogP contribution in [0.15, 0.2) is 18.2 Å². The maximum atomic E-state index is 11.1. The van der Waals surface area contributed by atoms with Crippen molar-refractivity contribution in [3.8, 4) is 0 Å². The van der Waals surface area contributed by atoms with Gasteiger partial charge in [0.2, 0.25) is 0 Å². The lowest BCUT2D eigenvalue weighted by atomic mass is 10.1. The van der Waals surface area contributed by atoms with E-state index in [-0.39, 0.29) is 11.8 Å². The van der Waals surface area contributed by atoms with E-state index in [2.05, 4.69) is 0 Å². The van der Waals surface area contributed by atoms with Gasteiger partial charge in [0.25, 0.3) is 15.8 Å². The van der Waals surface area contributed by atoms with Crippen LogP contribution in [0.2, 0.25) is 0 Å². The molecule has 1 aromatic carbocycles. The highest BCUT2D eigenvalue weighted by Crippen LogP contribution is 2.27. The Labute approximate surface area is 117 Å². The number of rotatable bonds is 4. The first-order chi connectivity index (χ1) is 9.26. The van der Waals surface area contributed by atoms with Crippen LogP contribution < -0.4 is 4.90 Å². The van der Waals surface area contributed by atoms with Crippen molar-refractivity contribution in [2.24, 2.45) is 0 Å². The third kappa shape index (κ3) is 3.45. The Morgan fingerprint density at radius 3 is 2.70 bits per heavy atom. The Bertz CT molecular complexity index is 629. The van der Waals surface area contributed by atoms with Crippen LogP contribution in [0.4, 0.5) is 11.4 Å². The summed E-state index contributed by atoms with van der Waals surface area (Å²) in [6.45, 7) is 2.81. The number of aryl methyl sites for hydroxylation is 1. The molecular formula is C12H16N2O5S. The zero-order valence-electron chi connectivity index (χ0n) is 11.3. The van der Waals surface area contributed by atoms with Crippen molar-refractivity contribution in [3.05, 3.63) is 33.9 Å². The minimum atomic E-state index is -3.46. The van der Waals surface area contributed by atoms with E-state index in [0.29, 0.717) is 25.1 Å². The van der Waals surface area contributed by atoms with Crippen LogP contribution in [0.3, 0.4) is 0 Å². The van der Waals surface area contributed by atoms with Crippen LogP contribution >= 0.6 is 0 Å². The summed E-state index contributed by atoms with van der Waals surface area (Å²) >= 11 is 0. The van der Waals surface area contributed by atoms with Crippen LogP contribution in [0, 0.1) is 17.0 Å². The number of nitro groups is 1. The highest BCUT2D eigenvalue weighted by molar-refractivity contribution is 7.86. The van der Waals surface area contributed by atoms with Crippen LogP contribution in [-0.2, 0) is 14.3 Å². The van der Waals surface area contributed by atoms with Crippen LogP contribution in [-0.4, -0.2) is 38.8 Å². The molecule has 0 aliphatic carbocycles. The molecule has 1 fully saturated rings. The van der Waals surface area contributed by atoms with Gasteiger partial charge in [-0.15, -0.1) is 0 Å². The topological polar surface area (TPSA) is 89.8 Å². The Morgan fingerprint density at radius 1 is 1.45 bits per heavy atom. The van der Waals surface area contributed by atoms with E-state index in [0.717, 1.165) is 11.9 Å². The normalized spacial score (nSPS) is 19.3. The van der Waals surface area contributed by atoms with E-state index in [1.165, 1.54) is 6.07 Å². The summed E-state index contributed by atoms with van der Waals surface area (Å²) in [7, 11) is -3.46. The summed E-state index contributed by atoms with van der Waals surface area (Å²) in [6, 6.07) is 4.88. The van der Waals surface area contributed by atoms with Crippen LogP contribution in [0.1, 0.15) is 12.0 Å². The number of anilines is 1. The number of benzene rings is 1. The molecule has 8 heteroatoms. The predicted octanol–water partition coefficient (Wildman–Crippen LogP) is 1.46. The highest BCUT2D eigenvalue weighted by Gasteiger charge is 2.27. The largest absolute Gasteiger partial charge is 0.369 e. The fourth-order valence-corrected chi connectivity index (χ4v) is 2.98. The molecule has 1 aromatic rings. The van der Waals surface area contributed by atoms with Gasteiger partial charge in [-0.2, -0.15) is 8.42 Å². The van der Waals surface area contributed by atoms with Gasteiger partial charge in [0, 0.05) is 30.4 Å². The second-order valence-corrected chi connectivity index (χ2v) is 6.49. The Balaban J connectivity index is 2.11. The summed E-state index contributed by atoms with van der Waals surface area (Å²) in [4.78, 5) is 12.3. The molecule has 1 atom stereocenters. The quantitative estimate of drug-likeness (QED) is 0.475. The van der Waals surface area contributed by atoms with Crippen LogP contribution in [0.5, 0.6) is 0 Å². The van der Waals surface area contributed by atoms with Crippen molar-refractivity contribution in [1.29, 1.82) is 0 Å². The van der Waals surface area contributed by atoms with Crippen molar-refractivity contribution in [3.63, 3.8) is 0 Å². The molecule has 110 valence electrons. The van der Waals surface area contributed by atoms with Gasteiger partial charge >= 0.3 is 0 Å². The van der Waals surface area contributed by atoms with E-state index < -0.39 is 15.0 Å². The van der Waals surface area contributed by atoms with Crippen molar-refractivity contribution in [1.82, 2.24) is 0 Å². The molecule has 2 rings (SSSR count). The first-order valence-electron chi connectivity index (χ1n) is 6.14. The summed E-state index contributed by atoms with van der Waals surface area (Å²) < 4.78 is 27.1. The average Bonchev–Trinajstić information content (AvgIpc) is 2.74. The summed E-state index contributed by atoms with van der Waals surface area (Å²) in [5.41, 5.74) is 1.50. The molecule has 1 saturated heterocycles. The van der Waals surface area contributed by atoms with Gasteiger partial charge in [0.15, 0.2) is 0 Å². The minimum absolute atomic E-state index is 0.0804. The van der Waals surface area contributed by atoms with Gasteiger partial charge < -0.3 is 4.90 Å². The van der Waals surface area contributed by atoms with Gasteiger partial charge in [0.1, 0.15) is 0 Å². The van der Waals surface area contributed by atoms with Crippen molar-refractivity contribution in [2.45, 2.75) is 19.4 Å². The molecule has 1 aliphatic heterocycles. The maximum Gasteiger partial charge on any atom is 0.272 e. The van der Waals surface area contributed by atoms with Crippen molar-refractivity contribution in [2.75, 3.05) is 24.2 Å². The van der Waals surface area contributed by atoms with Gasteiger partial charge in [0.05, 0.1) is 17.3 Å². The van der Waals surface area contributed by atoms with Gasteiger partial charge in [-0.3, -0.25) is 14.3 Å². The van der Waals surface area contributed by atoms with E-state index in [9.17, 15) is 18.5 Å². The SMILES string of the molecule is Cc1cc(N2CCC(OS(C)(=O)=O)C2)ccc1[N+](=O)[O-]. The molecule has 1 heterocycles. The smallest absolute Gasteiger partial charge is 0.272 e. The molecule has 7 nitrogen and oxygen atoms in total. The van der Waals surface area contributed by atoms with E-state index in [1.807, 2.05) is 4.90 Å². The molecule has 0 bridgehead atoms. The zero-order valence-corrected chi connectivity index (χ0v) is 12.1. The lowest BCUT2D eigenvalue weighted by molar-refractivity contribution is -0.385. The minimum Gasteiger partial charge on any atom is -0.369 e. The van der Waals surface area contributed by atoms with Crippen molar-refractivity contribution >= 4 is 21.5 Å². The summed E-state index contributed by atoms with van der Waals surface area (Å²) in [5, 5.41) is 10.8. The van der Waals surface area contributed by atoms with E-state index in [1.54, 1.807) is 19.1 Å². The van der Waals surface area contributed by atoms with Gasteiger partial charge in [-0.25, -0.2) is 0 Å². The predicted molar refractivity (Wildman–Crippen MR) is 74.4 cm³/mol. The zero-order chi connectivity index (χ0) is 14.9. The average molecular weight is 300 g/mol. The highest BCUT2D eigenvalue weighted by atomic mass is 32.2. The first kappa shape index (κ1) is 14.7. The molecule has 0 spiro atoms. The van der Waals surface area contributed by atoms with Crippen LogP contribution in [0.25, 0.3) is 0 Å². The number of hydrogen-bond donors (Lipinski definition) is 0. The van der Waals surface area contributed by atoms with Crippen molar-refractivity contribution < 1.29 is 17.5 Å². The summed E-state index contributed by atoms with van der Waals surface area (Å²) in [5.74, 6) is 0. The standard InChI is InChI=1S/C12H16N2O5S/c1-9-7-10(3-4-12(9)14(15)16)13-6-5-11(8-13)19-20(2,17)18/h3-4,7,11H,5-6,8H2,1-2H3. The fourth-order valence-electron chi connectivity index (χ4n) is 2.33. The molecule has 0 N–H and O–H groups in total. The molecule has 0 radical (unpaired) electrons. The van der Waals surface area contributed by atoms with E-state index in [4.69, 9.17) is 4.18 Å². The third-order valence-electron chi connectivity index (χ3n) is 3.20. The number of nitro benzene ring substituents is 1. The lowest BCUT2D eigenvalue weighted by Gasteiger charge is -2.18. The second-order valence-electron chi connectivity index (χ2n) is 4.88. The maximum absolute atomic E-state index is 11.1. The van der Waals surface area contributed by atoms with Gasteiger partial charge in [-0.05, 0) is 25.5 Å². The molecule has 0 aromatic heterocycles. The molecular weight excluding hydrogens is 284 g/mol. The Hall–Kier alpha value is -1.67. The Morgan fingerprint density at radius 2 is 2.15 bits per heavy atom. The second kappa shape index (κ2) is 5.37. The number of nitrogens with zero attached hydrogens (tertiary/aromatic N) is 2. The fraction of sp³-hybridized carbons (Fsp3) is 0.500. The molecule has 0 amide bonds. The molecule has 0 saturated carbocycles. The molecule has 20 heavy (non-hydrogen) atoms. The summed E-state index contributed by atoms with van der Waals surface area (Å²) in [6.07, 6.45) is 1.29.